The molecule has 2 aromatic carbocycles. The fourth-order valence-corrected chi connectivity index (χ4v) is 4.19. The number of rotatable bonds is 7. The van der Waals surface area contributed by atoms with E-state index in [1.807, 2.05) is 48.5 Å². The lowest BCUT2D eigenvalue weighted by Gasteiger charge is -2.24. The number of nitrogens with zero attached hydrogens (tertiary/aromatic N) is 1. The van der Waals surface area contributed by atoms with Gasteiger partial charge in [0.15, 0.2) is 0 Å². The maximum Gasteiger partial charge on any atom is 0.238 e. The summed E-state index contributed by atoms with van der Waals surface area (Å²) in [6.45, 7) is 0. The number of methoxy groups -OCH3 is 1. The Bertz CT molecular complexity index is 796. The number of amides is 2. The highest BCUT2D eigenvalue weighted by Crippen LogP contribution is 2.42. The van der Waals surface area contributed by atoms with Crippen LogP contribution in [-0.4, -0.2) is 30.6 Å². The predicted octanol–water partition coefficient (Wildman–Crippen LogP) is 4.43. The molecule has 1 saturated heterocycles. The Morgan fingerprint density at radius 2 is 1.93 bits per heavy atom. The van der Waals surface area contributed by atoms with Gasteiger partial charge in [0, 0.05) is 23.7 Å². The van der Waals surface area contributed by atoms with Crippen molar-refractivity contribution in [3.05, 3.63) is 54.1 Å². The quantitative estimate of drug-likeness (QED) is 0.693. The lowest BCUT2D eigenvalue weighted by atomic mass is 10.1. The first-order chi connectivity index (χ1) is 13.1. The van der Waals surface area contributed by atoms with Crippen LogP contribution in [0, 0.1) is 0 Å². The van der Waals surface area contributed by atoms with E-state index in [0.29, 0.717) is 24.5 Å². The molecule has 27 heavy (non-hydrogen) atoms. The van der Waals surface area contributed by atoms with Gasteiger partial charge in [0.25, 0.3) is 0 Å². The van der Waals surface area contributed by atoms with Crippen LogP contribution in [0.4, 0.5) is 11.4 Å². The third kappa shape index (κ3) is 4.76. The Labute approximate surface area is 168 Å². The lowest BCUT2D eigenvalue weighted by molar-refractivity contribution is -0.116. The van der Waals surface area contributed by atoms with Crippen LogP contribution in [0.5, 0.6) is 5.75 Å². The molecule has 142 valence electrons. The van der Waals surface area contributed by atoms with E-state index < -0.39 is 0 Å². The zero-order chi connectivity index (χ0) is 19.2. The van der Waals surface area contributed by atoms with Gasteiger partial charge in [0.1, 0.15) is 11.1 Å². The minimum absolute atomic E-state index is 0.0475. The normalized spacial score (nSPS) is 16.4. The van der Waals surface area contributed by atoms with Crippen molar-refractivity contribution < 1.29 is 14.3 Å². The van der Waals surface area contributed by atoms with Crippen molar-refractivity contribution >= 4 is 46.6 Å². The second-order valence-corrected chi connectivity index (χ2v) is 7.53. The molecule has 0 bridgehead atoms. The second kappa shape index (κ2) is 9.15. The van der Waals surface area contributed by atoms with Crippen molar-refractivity contribution in [1.82, 2.24) is 0 Å². The van der Waals surface area contributed by atoms with Gasteiger partial charge in [-0.2, -0.15) is 0 Å². The number of hydrogen-bond donors (Lipinski definition) is 1. The number of carbonyl (C=O) groups excluding carboxylic acids is 2. The number of ether oxygens (including phenoxy) is 1. The van der Waals surface area contributed by atoms with Crippen LogP contribution in [0.1, 0.15) is 23.8 Å². The molecule has 0 aromatic heterocycles. The molecule has 5 nitrogen and oxygen atoms in total. The zero-order valence-corrected chi connectivity index (χ0v) is 16.6. The second-order valence-electron chi connectivity index (χ2n) is 6.09. The van der Waals surface area contributed by atoms with Gasteiger partial charge in [-0.1, -0.05) is 12.1 Å². The molecule has 1 aliphatic rings. The number of benzene rings is 2. The van der Waals surface area contributed by atoms with Gasteiger partial charge in [-0.05, 0) is 48.4 Å². The van der Waals surface area contributed by atoms with Crippen LogP contribution in [0.25, 0.3) is 0 Å². The maximum atomic E-state index is 12.4. The monoisotopic (exact) mass is 404 g/mol. The molecule has 0 aliphatic carbocycles. The SMILES string of the molecule is COc1ccc(N2C(=O)CSC2c2ccc(NC(=O)CCCCl)cc2)cc1. The molecule has 1 N–H and O–H groups in total. The van der Waals surface area contributed by atoms with Crippen molar-refractivity contribution in [3.63, 3.8) is 0 Å². The number of thioether (sulfide) groups is 1. The summed E-state index contributed by atoms with van der Waals surface area (Å²) in [4.78, 5) is 26.0. The average molecular weight is 405 g/mol. The Kier molecular flexibility index (Phi) is 6.63. The average Bonchev–Trinajstić information content (AvgIpc) is 3.08. The molecule has 7 heteroatoms. The van der Waals surface area contributed by atoms with E-state index >= 15 is 0 Å². The molecule has 1 fully saturated rings. The van der Waals surface area contributed by atoms with E-state index in [1.165, 1.54) is 0 Å². The number of anilines is 2. The third-order valence-corrected chi connectivity index (χ3v) is 5.72. The molecule has 0 radical (unpaired) electrons. The fourth-order valence-electron chi connectivity index (χ4n) is 2.87. The van der Waals surface area contributed by atoms with Gasteiger partial charge in [-0.25, -0.2) is 0 Å². The highest BCUT2D eigenvalue weighted by atomic mass is 35.5. The highest BCUT2D eigenvalue weighted by molar-refractivity contribution is 8.00. The van der Waals surface area contributed by atoms with Crippen molar-refractivity contribution in [2.75, 3.05) is 29.0 Å². The van der Waals surface area contributed by atoms with E-state index in [2.05, 4.69) is 5.32 Å². The third-order valence-electron chi connectivity index (χ3n) is 4.24. The minimum atomic E-state index is -0.0908. The molecular formula is C20H21ClN2O3S. The van der Waals surface area contributed by atoms with Crippen molar-refractivity contribution in [2.24, 2.45) is 0 Å². The molecule has 2 aromatic rings. The minimum Gasteiger partial charge on any atom is -0.497 e. The van der Waals surface area contributed by atoms with Crippen LogP contribution in [-0.2, 0) is 9.59 Å². The Balaban J connectivity index is 1.74. The lowest BCUT2D eigenvalue weighted by Crippen LogP contribution is -2.27. The van der Waals surface area contributed by atoms with E-state index in [-0.39, 0.29) is 17.2 Å². The molecular weight excluding hydrogens is 384 g/mol. The largest absolute Gasteiger partial charge is 0.497 e. The number of carbonyl (C=O) groups is 2. The van der Waals surface area contributed by atoms with Gasteiger partial charge < -0.3 is 10.1 Å². The molecule has 2 amide bonds. The first-order valence-corrected chi connectivity index (χ1v) is 10.2. The molecule has 1 heterocycles. The van der Waals surface area contributed by atoms with Crippen LogP contribution >= 0.6 is 23.4 Å². The number of halogens is 1. The number of nitrogens with one attached hydrogen (secondary N) is 1. The van der Waals surface area contributed by atoms with Gasteiger partial charge >= 0.3 is 0 Å². The molecule has 0 saturated carbocycles. The van der Waals surface area contributed by atoms with Gasteiger partial charge in [-0.15, -0.1) is 23.4 Å². The Morgan fingerprint density at radius 1 is 1.22 bits per heavy atom. The van der Waals surface area contributed by atoms with Gasteiger partial charge in [0.05, 0.1) is 12.9 Å². The highest BCUT2D eigenvalue weighted by Gasteiger charge is 2.34. The summed E-state index contributed by atoms with van der Waals surface area (Å²) in [6.07, 6.45) is 1.06. The maximum absolute atomic E-state index is 12.4. The van der Waals surface area contributed by atoms with Crippen molar-refractivity contribution in [1.29, 1.82) is 0 Å². The van der Waals surface area contributed by atoms with Crippen molar-refractivity contribution in [2.45, 2.75) is 18.2 Å². The van der Waals surface area contributed by atoms with Crippen LogP contribution in [0.15, 0.2) is 48.5 Å². The summed E-state index contributed by atoms with van der Waals surface area (Å²) < 4.78 is 5.19. The summed E-state index contributed by atoms with van der Waals surface area (Å²) in [5.74, 6) is 1.69. The zero-order valence-electron chi connectivity index (χ0n) is 15.0. The topological polar surface area (TPSA) is 58.6 Å². The van der Waals surface area contributed by atoms with E-state index in [4.69, 9.17) is 16.3 Å². The van der Waals surface area contributed by atoms with Crippen LogP contribution in [0.3, 0.4) is 0 Å². The van der Waals surface area contributed by atoms with Crippen LogP contribution in [0.2, 0.25) is 0 Å². The summed E-state index contributed by atoms with van der Waals surface area (Å²) in [5.41, 5.74) is 2.60. The number of alkyl halides is 1. The number of hydrogen-bond acceptors (Lipinski definition) is 4. The smallest absolute Gasteiger partial charge is 0.238 e. The molecule has 3 rings (SSSR count). The standard InChI is InChI=1S/C20H21ClN2O3S/c1-26-17-10-8-16(9-11-17)23-19(25)13-27-20(23)14-4-6-15(7-5-14)22-18(24)3-2-12-21/h4-11,20H,2-3,12-13H2,1H3,(H,22,24). The molecule has 1 atom stereocenters. The van der Waals surface area contributed by atoms with Gasteiger partial charge in [-0.3, -0.25) is 14.5 Å². The summed E-state index contributed by atoms with van der Waals surface area (Å²) in [7, 11) is 1.62. The van der Waals surface area contributed by atoms with E-state index in [9.17, 15) is 9.59 Å². The summed E-state index contributed by atoms with van der Waals surface area (Å²) in [5, 5.41) is 2.77. The van der Waals surface area contributed by atoms with Gasteiger partial charge in [0.2, 0.25) is 11.8 Å². The molecule has 1 aliphatic heterocycles. The summed E-state index contributed by atoms with van der Waals surface area (Å²) in [6, 6.07) is 15.1. The fraction of sp³-hybridized carbons (Fsp3) is 0.300. The Hall–Kier alpha value is -2.18. The van der Waals surface area contributed by atoms with Crippen molar-refractivity contribution in [3.8, 4) is 5.75 Å². The Morgan fingerprint density at radius 3 is 2.56 bits per heavy atom. The van der Waals surface area contributed by atoms with E-state index in [0.717, 1.165) is 22.7 Å². The van der Waals surface area contributed by atoms with Crippen LogP contribution < -0.4 is 15.0 Å². The summed E-state index contributed by atoms with van der Waals surface area (Å²) >= 11 is 7.20. The first kappa shape index (κ1) is 19.6. The molecule has 0 spiro atoms. The first-order valence-electron chi connectivity index (χ1n) is 8.66. The predicted molar refractivity (Wildman–Crippen MR) is 111 cm³/mol. The molecule has 1 unspecified atom stereocenters. The van der Waals surface area contributed by atoms with E-state index in [1.54, 1.807) is 23.8 Å².